The van der Waals surface area contributed by atoms with Gasteiger partial charge in [0.15, 0.2) is 0 Å². The van der Waals surface area contributed by atoms with Crippen molar-refractivity contribution in [3.05, 3.63) is 72.3 Å². The molecule has 20 heavy (non-hydrogen) atoms. The zero-order valence-electron chi connectivity index (χ0n) is 10.9. The molecule has 1 aliphatic carbocycles. The lowest BCUT2D eigenvalue weighted by molar-refractivity contribution is 0.779. The third-order valence-electron chi connectivity index (χ3n) is 4.51. The summed E-state index contributed by atoms with van der Waals surface area (Å²) in [4.78, 5) is 0. The Balaban J connectivity index is 1.66. The van der Waals surface area contributed by atoms with Crippen LogP contribution in [0.15, 0.2) is 66.7 Å². The highest BCUT2D eigenvalue weighted by Crippen LogP contribution is 2.74. The van der Waals surface area contributed by atoms with Crippen LogP contribution in [-0.4, -0.2) is 15.7 Å². The van der Waals surface area contributed by atoms with Gasteiger partial charge in [-0.1, -0.05) is 66.7 Å². The maximum Gasteiger partial charge on any atom is 0.0728 e. The van der Waals surface area contributed by atoms with Crippen LogP contribution in [0, 0.1) is 0 Å². The Morgan fingerprint density at radius 1 is 0.900 bits per heavy atom. The van der Waals surface area contributed by atoms with Crippen LogP contribution >= 0.6 is 23.5 Å². The van der Waals surface area contributed by atoms with Gasteiger partial charge in [0.2, 0.25) is 0 Å². The second-order valence-electron chi connectivity index (χ2n) is 5.67. The predicted molar refractivity (Wildman–Crippen MR) is 89.2 cm³/mol. The average molecular weight is 294 g/mol. The van der Waals surface area contributed by atoms with Gasteiger partial charge in [0.25, 0.3) is 0 Å². The normalized spacial score (nSPS) is 36.1. The molecule has 2 heterocycles. The molecule has 0 amide bonds. The van der Waals surface area contributed by atoms with E-state index in [0.29, 0.717) is 0 Å². The lowest BCUT2D eigenvalue weighted by atomic mass is 9.85. The summed E-state index contributed by atoms with van der Waals surface area (Å²) in [6.07, 6.45) is 4.92. The van der Waals surface area contributed by atoms with Gasteiger partial charge in [-0.2, -0.15) is 0 Å². The SMILES string of the molecule is C1=CC2(c3ccccc3-c3ccccc3)SC2C2SC12. The van der Waals surface area contributed by atoms with E-state index in [1.165, 1.54) is 16.7 Å². The molecule has 0 nitrogen and oxygen atoms in total. The zero-order chi connectivity index (χ0) is 13.2. The van der Waals surface area contributed by atoms with Gasteiger partial charge in [0, 0.05) is 15.7 Å². The van der Waals surface area contributed by atoms with Crippen LogP contribution in [-0.2, 0) is 4.75 Å². The van der Waals surface area contributed by atoms with Crippen LogP contribution < -0.4 is 0 Å². The van der Waals surface area contributed by atoms with Gasteiger partial charge in [0.1, 0.15) is 0 Å². The average Bonchev–Trinajstić information content (AvgIpc) is 3.39. The third-order valence-corrected chi connectivity index (χ3v) is 7.68. The lowest BCUT2D eigenvalue weighted by Crippen LogP contribution is -2.19. The van der Waals surface area contributed by atoms with Crippen LogP contribution in [0.1, 0.15) is 5.56 Å². The molecule has 98 valence electrons. The predicted octanol–water partition coefficient (Wildman–Crippen LogP) is 4.72. The molecule has 0 N–H and O–H groups in total. The Kier molecular flexibility index (Phi) is 2.28. The molecule has 5 rings (SSSR count). The third kappa shape index (κ3) is 1.52. The number of benzene rings is 2. The summed E-state index contributed by atoms with van der Waals surface area (Å²) in [5, 5.41) is 2.48. The minimum absolute atomic E-state index is 0.261. The molecule has 2 fully saturated rings. The molecule has 0 saturated carbocycles. The molecule has 4 atom stereocenters. The highest BCUT2D eigenvalue weighted by molar-refractivity contribution is 8.13. The number of thioether (sulfide) groups is 2. The summed E-state index contributed by atoms with van der Waals surface area (Å²) in [6, 6.07) is 19.7. The Labute approximate surface area is 127 Å². The summed E-state index contributed by atoms with van der Waals surface area (Å²) in [5.74, 6) is 0. The first kappa shape index (κ1) is 11.5. The number of fused-ring (bicyclic) bond motifs is 3. The Hall–Kier alpha value is -1.12. The van der Waals surface area contributed by atoms with Crippen LogP contribution in [0.4, 0.5) is 0 Å². The minimum atomic E-state index is 0.261. The van der Waals surface area contributed by atoms with Crippen LogP contribution in [0.2, 0.25) is 0 Å². The molecule has 0 bridgehead atoms. The van der Waals surface area contributed by atoms with E-state index in [4.69, 9.17) is 0 Å². The van der Waals surface area contributed by atoms with Crippen LogP contribution in [0.3, 0.4) is 0 Å². The summed E-state index contributed by atoms with van der Waals surface area (Å²) >= 11 is 4.29. The van der Waals surface area contributed by atoms with Gasteiger partial charge in [-0.05, 0) is 16.7 Å². The molecule has 0 aromatic heterocycles. The Morgan fingerprint density at radius 3 is 2.60 bits per heavy atom. The smallest absolute Gasteiger partial charge is 0.0728 e. The van der Waals surface area contributed by atoms with Gasteiger partial charge in [-0.25, -0.2) is 0 Å². The first-order chi connectivity index (χ1) is 9.88. The highest BCUT2D eigenvalue weighted by atomic mass is 32.2. The van der Waals surface area contributed by atoms with Crippen molar-refractivity contribution in [3.63, 3.8) is 0 Å². The highest BCUT2D eigenvalue weighted by Gasteiger charge is 2.67. The fourth-order valence-electron chi connectivity index (χ4n) is 3.39. The van der Waals surface area contributed by atoms with Crippen LogP contribution in [0.5, 0.6) is 0 Å². The molecule has 2 saturated heterocycles. The van der Waals surface area contributed by atoms with Crippen molar-refractivity contribution in [3.8, 4) is 11.1 Å². The molecule has 0 spiro atoms. The standard InChI is InChI=1S/C18H14S2/c1-2-6-12(7-3-1)13-8-4-5-9-14(13)18-11-10-15-16(19-15)17(18)20-18/h1-11,15-17H. The molecule has 2 aromatic rings. The van der Waals surface area contributed by atoms with Gasteiger partial charge in [0.05, 0.1) is 4.75 Å². The van der Waals surface area contributed by atoms with Gasteiger partial charge in [-0.3, -0.25) is 0 Å². The van der Waals surface area contributed by atoms with E-state index in [2.05, 4.69) is 90.3 Å². The molecule has 2 heteroatoms. The maximum atomic E-state index is 2.48. The van der Waals surface area contributed by atoms with Gasteiger partial charge < -0.3 is 0 Å². The molecular weight excluding hydrogens is 280 g/mol. The van der Waals surface area contributed by atoms with Crippen molar-refractivity contribution in [1.82, 2.24) is 0 Å². The minimum Gasteiger partial charge on any atom is -0.147 e. The van der Waals surface area contributed by atoms with Crippen molar-refractivity contribution >= 4 is 23.5 Å². The quantitative estimate of drug-likeness (QED) is 0.581. The Morgan fingerprint density at radius 2 is 1.70 bits per heavy atom. The zero-order valence-corrected chi connectivity index (χ0v) is 12.5. The van der Waals surface area contributed by atoms with Crippen molar-refractivity contribution in [2.45, 2.75) is 20.5 Å². The summed E-state index contributed by atoms with van der Waals surface area (Å²) in [7, 11) is 0. The van der Waals surface area contributed by atoms with E-state index >= 15 is 0 Å². The van der Waals surface area contributed by atoms with E-state index in [1.54, 1.807) is 0 Å². The molecule has 0 radical (unpaired) electrons. The monoisotopic (exact) mass is 294 g/mol. The largest absolute Gasteiger partial charge is 0.147 e. The Bertz CT molecular complexity index is 706. The van der Waals surface area contributed by atoms with Gasteiger partial charge in [-0.15, -0.1) is 23.5 Å². The first-order valence-corrected chi connectivity index (χ1v) is 8.88. The number of hydrogen-bond donors (Lipinski definition) is 0. The molecule has 2 aromatic carbocycles. The van der Waals surface area contributed by atoms with Crippen molar-refractivity contribution in [2.75, 3.05) is 0 Å². The lowest BCUT2D eigenvalue weighted by Gasteiger charge is -2.18. The second kappa shape index (κ2) is 3.96. The van der Waals surface area contributed by atoms with E-state index in [1.807, 2.05) is 0 Å². The van der Waals surface area contributed by atoms with E-state index in [0.717, 1.165) is 15.7 Å². The van der Waals surface area contributed by atoms with Crippen LogP contribution in [0.25, 0.3) is 11.1 Å². The summed E-state index contributed by atoms with van der Waals surface area (Å²) < 4.78 is 0.261. The summed E-state index contributed by atoms with van der Waals surface area (Å²) in [5.41, 5.74) is 4.24. The molecule has 3 aliphatic rings. The van der Waals surface area contributed by atoms with Crippen molar-refractivity contribution in [1.29, 1.82) is 0 Å². The van der Waals surface area contributed by atoms with E-state index < -0.39 is 0 Å². The number of hydrogen-bond acceptors (Lipinski definition) is 2. The van der Waals surface area contributed by atoms with E-state index in [9.17, 15) is 0 Å². The topological polar surface area (TPSA) is 0 Å². The fraction of sp³-hybridized carbons (Fsp3) is 0.222. The number of rotatable bonds is 2. The van der Waals surface area contributed by atoms with E-state index in [-0.39, 0.29) is 4.75 Å². The van der Waals surface area contributed by atoms with Gasteiger partial charge >= 0.3 is 0 Å². The van der Waals surface area contributed by atoms with Crippen molar-refractivity contribution < 1.29 is 0 Å². The summed E-state index contributed by atoms with van der Waals surface area (Å²) in [6.45, 7) is 0. The fourth-order valence-corrected chi connectivity index (χ4v) is 6.45. The first-order valence-electron chi connectivity index (χ1n) is 7.06. The molecule has 2 aliphatic heterocycles. The van der Waals surface area contributed by atoms with Crippen molar-refractivity contribution in [2.24, 2.45) is 0 Å². The second-order valence-corrected chi connectivity index (χ2v) is 8.45. The molecule has 4 unspecified atom stereocenters. The maximum absolute atomic E-state index is 2.48. The molecular formula is C18H14S2.